The fourth-order valence-electron chi connectivity index (χ4n) is 2.49. The third-order valence-corrected chi connectivity index (χ3v) is 3.46. The summed E-state index contributed by atoms with van der Waals surface area (Å²) in [6.07, 6.45) is 1.69. The maximum absolute atomic E-state index is 11.9. The number of nitrogens with zero attached hydrogens (tertiary/aromatic N) is 1. The third-order valence-electron chi connectivity index (χ3n) is 3.46. The Kier molecular flexibility index (Phi) is 3.71. The maximum atomic E-state index is 11.9. The van der Waals surface area contributed by atoms with Crippen LogP contribution in [0.15, 0.2) is 0 Å². The van der Waals surface area contributed by atoms with Crippen LogP contribution in [0, 0.1) is 0 Å². The van der Waals surface area contributed by atoms with Crippen LogP contribution in [0.4, 0.5) is 4.79 Å². The number of amides is 2. The molecule has 2 fully saturated rings. The highest BCUT2D eigenvalue weighted by Crippen LogP contribution is 2.23. The van der Waals surface area contributed by atoms with Gasteiger partial charge in [-0.2, -0.15) is 0 Å². The first-order valence-corrected chi connectivity index (χ1v) is 6.84. The van der Waals surface area contributed by atoms with Gasteiger partial charge in [0.2, 0.25) is 5.91 Å². The van der Waals surface area contributed by atoms with Gasteiger partial charge in [-0.15, -0.1) is 0 Å². The lowest BCUT2D eigenvalue weighted by molar-refractivity contribution is -0.126. The van der Waals surface area contributed by atoms with Gasteiger partial charge in [-0.05, 0) is 20.8 Å². The zero-order chi connectivity index (χ0) is 14.1. The summed E-state index contributed by atoms with van der Waals surface area (Å²) in [6, 6.07) is 0. The van der Waals surface area contributed by atoms with E-state index in [9.17, 15) is 9.59 Å². The predicted octanol–water partition coefficient (Wildman–Crippen LogP) is 0.823. The Bertz CT molecular complexity index is 368. The first-order chi connectivity index (χ1) is 8.80. The lowest BCUT2D eigenvalue weighted by Crippen LogP contribution is -2.67. The number of nitrogens with one attached hydrogen (secondary N) is 2. The molecule has 6 nitrogen and oxygen atoms in total. The van der Waals surface area contributed by atoms with Gasteiger partial charge in [0.1, 0.15) is 5.60 Å². The number of likely N-dealkylation sites (tertiary alicyclic amines) is 1. The van der Waals surface area contributed by atoms with Gasteiger partial charge < -0.3 is 15.0 Å². The van der Waals surface area contributed by atoms with Crippen molar-refractivity contribution in [3.8, 4) is 0 Å². The molecule has 0 aromatic rings. The Morgan fingerprint density at radius 2 is 1.95 bits per heavy atom. The van der Waals surface area contributed by atoms with E-state index in [2.05, 4.69) is 10.6 Å². The molecule has 0 aromatic carbocycles. The molecule has 0 unspecified atom stereocenters. The molecule has 0 aromatic heterocycles. The number of rotatable bonds is 0. The molecule has 0 radical (unpaired) electrons. The van der Waals surface area contributed by atoms with Gasteiger partial charge in [0, 0.05) is 38.9 Å². The van der Waals surface area contributed by atoms with Crippen LogP contribution in [0.3, 0.4) is 0 Å². The summed E-state index contributed by atoms with van der Waals surface area (Å²) in [4.78, 5) is 25.1. The van der Waals surface area contributed by atoms with Gasteiger partial charge >= 0.3 is 6.09 Å². The summed E-state index contributed by atoms with van der Waals surface area (Å²) in [5.74, 6) is 0.0875. The number of ether oxygens (including phenoxy) is 1. The number of piperidine rings is 1. The normalized spacial score (nSPS) is 23.1. The van der Waals surface area contributed by atoms with Crippen LogP contribution in [0.25, 0.3) is 0 Å². The summed E-state index contributed by atoms with van der Waals surface area (Å²) in [5.41, 5.74) is -0.794. The second-order valence-corrected chi connectivity index (χ2v) is 6.27. The van der Waals surface area contributed by atoms with Crippen molar-refractivity contribution in [1.29, 1.82) is 0 Å². The van der Waals surface area contributed by atoms with Gasteiger partial charge in [0.05, 0.1) is 5.66 Å². The van der Waals surface area contributed by atoms with Crippen LogP contribution < -0.4 is 10.6 Å². The molecule has 108 valence electrons. The highest BCUT2D eigenvalue weighted by molar-refractivity contribution is 5.78. The second kappa shape index (κ2) is 5.00. The molecular formula is C13H23N3O3. The van der Waals surface area contributed by atoms with E-state index in [1.807, 2.05) is 20.8 Å². The molecule has 6 heteroatoms. The van der Waals surface area contributed by atoms with Crippen molar-refractivity contribution in [2.24, 2.45) is 0 Å². The highest BCUT2D eigenvalue weighted by Gasteiger charge is 2.39. The van der Waals surface area contributed by atoms with Gasteiger partial charge in [0.15, 0.2) is 0 Å². The van der Waals surface area contributed by atoms with Crippen molar-refractivity contribution in [2.45, 2.75) is 51.3 Å². The van der Waals surface area contributed by atoms with Gasteiger partial charge in [-0.25, -0.2) is 4.79 Å². The van der Waals surface area contributed by atoms with Crippen molar-refractivity contribution in [1.82, 2.24) is 15.5 Å². The summed E-state index contributed by atoms with van der Waals surface area (Å²) in [5, 5.41) is 6.37. The molecule has 19 heavy (non-hydrogen) atoms. The molecule has 2 saturated heterocycles. The van der Waals surface area contributed by atoms with E-state index in [0.29, 0.717) is 26.1 Å². The Hall–Kier alpha value is -1.30. The lowest BCUT2D eigenvalue weighted by atomic mass is 9.94. The third kappa shape index (κ3) is 3.59. The number of hydrogen-bond donors (Lipinski definition) is 2. The summed E-state index contributed by atoms with van der Waals surface area (Å²) < 4.78 is 5.35. The van der Waals surface area contributed by atoms with E-state index in [1.54, 1.807) is 4.90 Å². The quantitative estimate of drug-likeness (QED) is 0.683. The standard InChI is InChI=1S/C13H23N3O3/c1-12(2,3)19-11(18)16-8-5-13(6-9-16)14-7-4-10(17)15-13/h14H,4-9H2,1-3H3,(H,15,17). The average Bonchev–Trinajstić information content (AvgIpc) is 2.27. The smallest absolute Gasteiger partial charge is 0.410 e. The van der Waals surface area contributed by atoms with Gasteiger partial charge in [-0.3, -0.25) is 10.1 Å². The molecule has 0 atom stereocenters. The number of carbonyl (C=O) groups is 2. The minimum absolute atomic E-state index is 0.0875. The molecule has 2 aliphatic heterocycles. The van der Waals surface area contributed by atoms with E-state index in [4.69, 9.17) is 4.74 Å². The lowest BCUT2D eigenvalue weighted by Gasteiger charge is -2.45. The molecule has 0 saturated carbocycles. The zero-order valence-electron chi connectivity index (χ0n) is 11.9. The van der Waals surface area contributed by atoms with Crippen LogP contribution in [0.2, 0.25) is 0 Å². The summed E-state index contributed by atoms with van der Waals surface area (Å²) >= 11 is 0. The van der Waals surface area contributed by atoms with Gasteiger partial charge in [0.25, 0.3) is 0 Å². The van der Waals surface area contributed by atoms with E-state index >= 15 is 0 Å². The van der Waals surface area contributed by atoms with Crippen LogP contribution in [0.5, 0.6) is 0 Å². The van der Waals surface area contributed by atoms with Crippen molar-refractivity contribution in [3.63, 3.8) is 0 Å². The first-order valence-electron chi connectivity index (χ1n) is 6.84. The monoisotopic (exact) mass is 269 g/mol. The van der Waals surface area contributed by atoms with Crippen molar-refractivity contribution in [3.05, 3.63) is 0 Å². The van der Waals surface area contributed by atoms with Crippen molar-refractivity contribution < 1.29 is 14.3 Å². The molecule has 2 rings (SSSR count). The molecule has 2 amide bonds. The fourth-order valence-corrected chi connectivity index (χ4v) is 2.49. The topological polar surface area (TPSA) is 70.7 Å². The largest absolute Gasteiger partial charge is 0.444 e. The molecule has 0 aliphatic carbocycles. The van der Waals surface area contributed by atoms with Gasteiger partial charge in [-0.1, -0.05) is 0 Å². The molecule has 0 bridgehead atoms. The number of hydrogen-bond acceptors (Lipinski definition) is 4. The van der Waals surface area contributed by atoms with Crippen molar-refractivity contribution >= 4 is 12.0 Å². The minimum Gasteiger partial charge on any atom is -0.444 e. The Balaban J connectivity index is 1.88. The van der Waals surface area contributed by atoms with E-state index < -0.39 is 5.60 Å². The van der Waals surface area contributed by atoms with Crippen LogP contribution in [-0.2, 0) is 9.53 Å². The average molecular weight is 269 g/mol. The minimum atomic E-state index is -0.469. The summed E-state index contributed by atoms with van der Waals surface area (Å²) in [6.45, 7) is 7.49. The van der Waals surface area contributed by atoms with Crippen LogP contribution >= 0.6 is 0 Å². The Labute approximate surface area is 113 Å². The van der Waals surface area contributed by atoms with E-state index in [0.717, 1.165) is 12.8 Å². The predicted molar refractivity (Wildman–Crippen MR) is 70.5 cm³/mol. The molecule has 1 spiro atoms. The first kappa shape index (κ1) is 14.1. The summed E-state index contributed by atoms with van der Waals surface area (Å²) in [7, 11) is 0. The molecule has 2 heterocycles. The molecule has 2 N–H and O–H groups in total. The Morgan fingerprint density at radius 3 is 2.47 bits per heavy atom. The van der Waals surface area contributed by atoms with E-state index in [1.165, 1.54) is 0 Å². The van der Waals surface area contributed by atoms with Crippen LogP contribution in [0.1, 0.15) is 40.0 Å². The Morgan fingerprint density at radius 1 is 1.32 bits per heavy atom. The highest BCUT2D eigenvalue weighted by atomic mass is 16.6. The zero-order valence-corrected chi connectivity index (χ0v) is 11.9. The van der Waals surface area contributed by atoms with Crippen LogP contribution in [-0.4, -0.2) is 47.8 Å². The number of carbonyl (C=O) groups excluding carboxylic acids is 2. The maximum Gasteiger partial charge on any atom is 0.410 e. The fraction of sp³-hybridized carbons (Fsp3) is 0.846. The van der Waals surface area contributed by atoms with E-state index in [-0.39, 0.29) is 17.7 Å². The second-order valence-electron chi connectivity index (χ2n) is 6.27. The molecule has 2 aliphatic rings. The SMILES string of the molecule is CC(C)(C)OC(=O)N1CCC2(CC1)NCCC(=O)N2. The van der Waals surface area contributed by atoms with Crippen molar-refractivity contribution in [2.75, 3.05) is 19.6 Å². The molecular weight excluding hydrogens is 246 g/mol.